The molecule has 10 heteroatoms. The van der Waals surface area contributed by atoms with Crippen molar-refractivity contribution < 1.29 is 22.4 Å². The maximum atomic E-state index is 13.7. The number of carbonyl (C=O) groups excluding carboxylic acids is 2. The number of rotatable bonds is 10. The number of nitrogens with one attached hydrogen (secondary N) is 1. The highest BCUT2D eigenvalue weighted by Gasteiger charge is 2.33. The average Bonchev–Trinajstić information content (AvgIpc) is 2.88. The molecule has 190 valence electrons. The molecule has 0 fully saturated rings. The number of anilines is 1. The van der Waals surface area contributed by atoms with Gasteiger partial charge in [-0.1, -0.05) is 54.9 Å². The van der Waals surface area contributed by atoms with Crippen LogP contribution in [0.1, 0.15) is 18.9 Å². The summed E-state index contributed by atoms with van der Waals surface area (Å²) in [4.78, 5) is 27.6. The third kappa shape index (κ3) is 6.22. The van der Waals surface area contributed by atoms with Crippen LogP contribution in [0.5, 0.6) is 0 Å². The zero-order valence-corrected chi connectivity index (χ0v) is 21.5. The largest absolute Gasteiger partial charge is 0.357 e. The minimum Gasteiger partial charge on any atom is -0.357 e. The zero-order valence-electron chi connectivity index (χ0n) is 19.9. The number of hydrogen-bond donors (Lipinski definition) is 1. The van der Waals surface area contributed by atoms with E-state index in [9.17, 15) is 22.4 Å². The van der Waals surface area contributed by atoms with E-state index >= 15 is 0 Å². The van der Waals surface area contributed by atoms with Gasteiger partial charge in [0.15, 0.2) is 0 Å². The predicted octanol–water partition coefficient (Wildman–Crippen LogP) is 4.23. The zero-order chi connectivity index (χ0) is 26.3. The van der Waals surface area contributed by atoms with Crippen molar-refractivity contribution in [3.05, 3.63) is 95.3 Å². The van der Waals surface area contributed by atoms with Crippen LogP contribution in [0.2, 0.25) is 5.02 Å². The first-order valence-electron chi connectivity index (χ1n) is 11.3. The minimum absolute atomic E-state index is 0.00363. The Hall–Kier alpha value is -3.43. The van der Waals surface area contributed by atoms with Crippen molar-refractivity contribution in [3.8, 4) is 0 Å². The first-order chi connectivity index (χ1) is 17.2. The van der Waals surface area contributed by atoms with Gasteiger partial charge in [-0.15, -0.1) is 0 Å². The van der Waals surface area contributed by atoms with E-state index < -0.39 is 34.3 Å². The number of nitrogens with zero attached hydrogens (tertiary/aromatic N) is 2. The molecule has 0 unspecified atom stereocenters. The third-order valence-corrected chi connectivity index (χ3v) is 7.81. The molecule has 0 aliphatic rings. The summed E-state index contributed by atoms with van der Waals surface area (Å²) < 4.78 is 41.6. The first-order valence-corrected chi connectivity index (χ1v) is 13.1. The molecular weight excluding hydrogens is 505 g/mol. The molecule has 0 saturated carbocycles. The number of carbonyl (C=O) groups is 2. The number of benzene rings is 3. The fourth-order valence-electron chi connectivity index (χ4n) is 3.75. The Morgan fingerprint density at radius 3 is 2.17 bits per heavy atom. The Morgan fingerprint density at radius 2 is 1.58 bits per heavy atom. The standard InChI is InChI=1S/C26H27ClFN3O4S/c1-3-24(26(33)29-2)30(17-19-9-7-8-12-23(19)27)25(32)18-31(21-10-5-4-6-11-21)36(34,35)22-15-13-20(28)14-16-22/h4-16,24H,3,17-18H2,1-2H3,(H,29,33)/t24-/m1/s1. The summed E-state index contributed by atoms with van der Waals surface area (Å²) in [7, 11) is -2.78. The van der Waals surface area contributed by atoms with Crippen LogP contribution in [0.3, 0.4) is 0 Å². The van der Waals surface area contributed by atoms with Crippen molar-refractivity contribution >= 4 is 39.1 Å². The SMILES string of the molecule is CC[C@H](C(=O)NC)N(Cc1ccccc1Cl)C(=O)CN(c1ccccc1)S(=O)(=O)c1ccc(F)cc1. The van der Waals surface area contributed by atoms with Crippen LogP contribution in [0.15, 0.2) is 83.8 Å². The molecule has 3 rings (SSSR count). The molecule has 0 aromatic heterocycles. The highest BCUT2D eigenvalue weighted by Crippen LogP contribution is 2.25. The van der Waals surface area contributed by atoms with Crippen LogP contribution in [0, 0.1) is 5.82 Å². The van der Waals surface area contributed by atoms with Crippen LogP contribution in [-0.4, -0.2) is 44.8 Å². The van der Waals surface area contributed by atoms with Gasteiger partial charge < -0.3 is 10.2 Å². The van der Waals surface area contributed by atoms with Crippen LogP contribution in [0.25, 0.3) is 0 Å². The number of halogens is 2. The number of likely N-dealkylation sites (N-methyl/N-ethyl adjacent to an activating group) is 1. The molecule has 0 bridgehead atoms. The molecule has 1 N–H and O–H groups in total. The predicted molar refractivity (Wildman–Crippen MR) is 138 cm³/mol. The van der Waals surface area contributed by atoms with E-state index in [2.05, 4.69) is 5.32 Å². The van der Waals surface area contributed by atoms with Crippen LogP contribution < -0.4 is 9.62 Å². The van der Waals surface area contributed by atoms with Gasteiger partial charge in [-0.05, 0) is 54.4 Å². The lowest BCUT2D eigenvalue weighted by Gasteiger charge is -2.33. The minimum atomic E-state index is -4.25. The Labute approximate surface area is 215 Å². The quantitative estimate of drug-likeness (QED) is 0.424. The highest BCUT2D eigenvalue weighted by atomic mass is 35.5. The molecule has 2 amide bonds. The molecule has 0 radical (unpaired) electrons. The van der Waals surface area contributed by atoms with E-state index in [4.69, 9.17) is 11.6 Å². The normalized spacial score (nSPS) is 12.0. The van der Waals surface area contributed by atoms with Crippen LogP contribution in [0.4, 0.5) is 10.1 Å². The summed E-state index contributed by atoms with van der Waals surface area (Å²) in [6.45, 7) is 1.18. The van der Waals surface area contributed by atoms with Gasteiger partial charge in [0.2, 0.25) is 11.8 Å². The molecule has 0 aliphatic heterocycles. The summed E-state index contributed by atoms with van der Waals surface area (Å²) in [6.07, 6.45) is 0.298. The van der Waals surface area contributed by atoms with Crippen molar-refractivity contribution in [1.82, 2.24) is 10.2 Å². The summed E-state index contributed by atoms with van der Waals surface area (Å²) in [6, 6.07) is 18.6. The second kappa shape index (κ2) is 12.0. The molecule has 0 spiro atoms. The van der Waals surface area contributed by atoms with Gasteiger partial charge in [0.1, 0.15) is 18.4 Å². The van der Waals surface area contributed by atoms with E-state index in [1.807, 2.05) is 0 Å². The molecule has 3 aromatic rings. The smallest absolute Gasteiger partial charge is 0.264 e. The van der Waals surface area contributed by atoms with Gasteiger partial charge in [0, 0.05) is 18.6 Å². The summed E-state index contributed by atoms with van der Waals surface area (Å²) in [5, 5.41) is 2.98. The second-order valence-corrected chi connectivity index (χ2v) is 10.2. The van der Waals surface area contributed by atoms with Gasteiger partial charge >= 0.3 is 0 Å². The van der Waals surface area contributed by atoms with Gasteiger partial charge in [0.05, 0.1) is 10.6 Å². The Bertz CT molecular complexity index is 1300. The lowest BCUT2D eigenvalue weighted by molar-refractivity contribution is -0.140. The molecule has 1 atom stereocenters. The Kier molecular flexibility index (Phi) is 9.06. The van der Waals surface area contributed by atoms with Crippen LogP contribution in [-0.2, 0) is 26.2 Å². The highest BCUT2D eigenvalue weighted by molar-refractivity contribution is 7.92. The van der Waals surface area contributed by atoms with Crippen molar-refractivity contribution in [2.24, 2.45) is 0 Å². The molecule has 3 aromatic carbocycles. The molecule has 7 nitrogen and oxygen atoms in total. The van der Waals surface area contributed by atoms with E-state index in [1.165, 1.54) is 11.9 Å². The van der Waals surface area contributed by atoms with E-state index in [0.29, 0.717) is 17.0 Å². The topological polar surface area (TPSA) is 86.8 Å². The van der Waals surface area contributed by atoms with E-state index in [-0.39, 0.29) is 23.0 Å². The Balaban J connectivity index is 2.04. The number of para-hydroxylation sites is 1. The van der Waals surface area contributed by atoms with Crippen molar-refractivity contribution in [3.63, 3.8) is 0 Å². The first kappa shape index (κ1) is 27.2. The fraction of sp³-hybridized carbons (Fsp3) is 0.231. The third-order valence-electron chi connectivity index (χ3n) is 5.66. The van der Waals surface area contributed by atoms with E-state index in [1.54, 1.807) is 61.5 Å². The van der Waals surface area contributed by atoms with Crippen molar-refractivity contribution in [1.29, 1.82) is 0 Å². The van der Waals surface area contributed by atoms with E-state index in [0.717, 1.165) is 28.6 Å². The summed E-state index contributed by atoms with van der Waals surface area (Å²) in [5.74, 6) is -1.57. The maximum Gasteiger partial charge on any atom is 0.264 e. The molecule has 36 heavy (non-hydrogen) atoms. The van der Waals surface area contributed by atoms with Gasteiger partial charge in [-0.25, -0.2) is 12.8 Å². The molecule has 0 heterocycles. The van der Waals surface area contributed by atoms with Crippen molar-refractivity contribution in [2.75, 3.05) is 17.9 Å². The van der Waals surface area contributed by atoms with Gasteiger partial charge in [0.25, 0.3) is 10.0 Å². The number of hydrogen-bond acceptors (Lipinski definition) is 4. The molecular formula is C26H27ClFN3O4S. The van der Waals surface area contributed by atoms with Crippen molar-refractivity contribution in [2.45, 2.75) is 30.8 Å². The molecule has 0 saturated heterocycles. The average molecular weight is 532 g/mol. The summed E-state index contributed by atoms with van der Waals surface area (Å²) >= 11 is 6.33. The fourth-order valence-corrected chi connectivity index (χ4v) is 5.36. The van der Waals surface area contributed by atoms with Gasteiger partial charge in [-0.2, -0.15) is 0 Å². The van der Waals surface area contributed by atoms with Gasteiger partial charge in [-0.3, -0.25) is 13.9 Å². The number of amides is 2. The van der Waals surface area contributed by atoms with Crippen LogP contribution >= 0.6 is 11.6 Å². The lowest BCUT2D eigenvalue weighted by Crippen LogP contribution is -2.51. The Morgan fingerprint density at radius 1 is 0.972 bits per heavy atom. The lowest BCUT2D eigenvalue weighted by atomic mass is 10.1. The second-order valence-electron chi connectivity index (χ2n) is 7.95. The summed E-state index contributed by atoms with van der Waals surface area (Å²) in [5.41, 5.74) is 0.864. The maximum absolute atomic E-state index is 13.7. The molecule has 0 aliphatic carbocycles. The number of sulfonamides is 1. The monoisotopic (exact) mass is 531 g/mol.